The highest BCUT2D eigenvalue weighted by atomic mass is 16.6. The Morgan fingerprint density at radius 3 is 2.37 bits per heavy atom. The fraction of sp³-hybridized carbons (Fsp3) is 0.636. The molecule has 19 heavy (non-hydrogen) atoms. The van der Waals surface area contributed by atoms with E-state index in [2.05, 4.69) is 20.6 Å². The lowest BCUT2D eigenvalue weighted by molar-refractivity contribution is -0.383. The molecule has 0 aliphatic carbocycles. The molecule has 0 aromatic carbocycles. The van der Waals surface area contributed by atoms with Gasteiger partial charge in [0, 0.05) is 7.05 Å². The van der Waals surface area contributed by atoms with Gasteiger partial charge in [0.2, 0.25) is 11.6 Å². The highest BCUT2D eigenvalue weighted by molar-refractivity contribution is 5.69. The first-order valence-electron chi connectivity index (χ1n) is 6.09. The minimum atomic E-state index is -0.621. The number of nitro groups is 1. The van der Waals surface area contributed by atoms with Crippen molar-refractivity contribution in [3.05, 3.63) is 16.4 Å². The molecule has 1 aromatic rings. The molecule has 1 aromatic heterocycles. The van der Waals surface area contributed by atoms with E-state index in [-0.39, 0.29) is 23.9 Å². The molecule has 8 heteroatoms. The summed E-state index contributed by atoms with van der Waals surface area (Å²) in [5, 5.41) is 26.3. The van der Waals surface area contributed by atoms with Crippen LogP contribution >= 0.6 is 0 Å². The van der Waals surface area contributed by atoms with E-state index >= 15 is 0 Å². The Morgan fingerprint density at radius 1 is 1.37 bits per heavy atom. The van der Waals surface area contributed by atoms with Gasteiger partial charge >= 0.3 is 5.69 Å². The second-order valence-electron chi connectivity index (χ2n) is 4.20. The van der Waals surface area contributed by atoms with Crippen molar-refractivity contribution in [2.45, 2.75) is 32.2 Å². The lowest BCUT2D eigenvalue weighted by Gasteiger charge is -2.31. The van der Waals surface area contributed by atoms with Crippen LogP contribution in [0, 0.1) is 10.1 Å². The van der Waals surface area contributed by atoms with E-state index in [1.54, 1.807) is 7.05 Å². The minimum absolute atomic E-state index is 0.113. The number of rotatable bonds is 7. The van der Waals surface area contributed by atoms with Crippen molar-refractivity contribution in [2.24, 2.45) is 0 Å². The zero-order chi connectivity index (χ0) is 14.5. The van der Waals surface area contributed by atoms with Crippen LogP contribution in [0.4, 0.5) is 17.3 Å². The Kier molecular flexibility index (Phi) is 4.99. The lowest BCUT2D eigenvalue weighted by atomic mass is 9.94. The van der Waals surface area contributed by atoms with Gasteiger partial charge in [-0.15, -0.1) is 0 Å². The highest BCUT2D eigenvalue weighted by Crippen LogP contribution is 2.32. The van der Waals surface area contributed by atoms with Crippen LogP contribution in [-0.4, -0.2) is 39.2 Å². The predicted octanol–water partition coefficient (Wildman–Crippen LogP) is 1.39. The quantitative estimate of drug-likeness (QED) is 0.506. The van der Waals surface area contributed by atoms with Gasteiger partial charge in [-0.1, -0.05) is 13.8 Å². The first-order valence-corrected chi connectivity index (χ1v) is 6.09. The SMILES string of the molecule is CCC(CC)(CO)Nc1ncnc(NC)c1[N+](=O)[O-]. The fourth-order valence-corrected chi connectivity index (χ4v) is 1.77. The predicted molar refractivity (Wildman–Crippen MR) is 72.3 cm³/mol. The molecule has 1 rings (SSSR count). The third-order valence-corrected chi connectivity index (χ3v) is 3.28. The normalized spacial score (nSPS) is 11.2. The molecule has 0 saturated heterocycles. The van der Waals surface area contributed by atoms with E-state index in [4.69, 9.17) is 0 Å². The summed E-state index contributed by atoms with van der Waals surface area (Å²) in [6.45, 7) is 3.67. The third-order valence-electron chi connectivity index (χ3n) is 3.28. The molecule has 0 amide bonds. The molecule has 0 unspecified atom stereocenters. The molecule has 106 valence electrons. The average molecular weight is 269 g/mol. The van der Waals surface area contributed by atoms with Gasteiger partial charge in [0.25, 0.3) is 0 Å². The van der Waals surface area contributed by atoms with Crippen LogP contribution in [-0.2, 0) is 0 Å². The van der Waals surface area contributed by atoms with E-state index in [9.17, 15) is 15.2 Å². The average Bonchev–Trinajstić information content (AvgIpc) is 2.44. The zero-order valence-corrected chi connectivity index (χ0v) is 11.3. The maximum atomic E-state index is 11.1. The molecule has 0 atom stereocenters. The van der Waals surface area contributed by atoms with Crippen LogP contribution in [0.1, 0.15) is 26.7 Å². The molecule has 0 aliphatic rings. The van der Waals surface area contributed by atoms with Gasteiger partial charge in [-0.2, -0.15) is 0 Å². The summed E-state index contributed by atoms with van der Waals surface area (Å²) in [4.78, 5) is 18.3. The van der Waals surface area contributed by atoms with Gasteiger partial charge in [-0.25, -0.2) is 9.97 Å². The fourth-order valence-electron chi connectivity index (χ4n) is 1.77. The Bertz CT molecular complexity index is 440. The summed E-state index contributed by atoms with van der Waals surface area (Å²) in [6, 6.07) is 0. The van der Waals surface area contributed by atoms with Crippen LogP contribution in [0.5, 0.6) is 0 Å². The van der Waals surface area contributed by atoms with Gasteiger partial charge in [-0.3, -0.25) is 10.1 Å². The van der Waals surface area contributed by atoms with Gasteiger partial charge in [0.15, 0.2) is 0 Å². The topological polar surface area (TPSA) is 113 Å². The Balaban J connectivity index is 3.23. The zero-order valence-electron chi connectivity index (χ0n) is 11.3. The number of hydrogen-bond donors (Lipinski definition) is 3. The van der Waals surface area contributed by atoms with Gasteiger partial charge in [0.1, 0.15) is 6.33 Å². The van der Waals surface area contributed by atoms with Gasteiger partial charge in [0.05, 0.1) is 17.1 Å². The Morgan fingerprint density at radius 2 is 1.95 bits per heavy atom. The number of nitrogens with one attached hydrogen (secondary N) is 2. The molecular formula is C11H19N5O3. The second kappa shape index (κ2) is 6.28. The summed E-state index contributed by atoms with van der Waals surface area (Å²) in [5.74, 6) is 0.253. The maximum absolute atomic E-state index is 11.1. The van der Waals surface area contributed by atoms with Crippen LogP contribution in [0.15, 0.2) is 6.33 Å². The molecule has 0 radical (unpaired) electrons. The second-order valence-corrected chi connectivity index (χ2v) is 4.20. The van der Waals surface area contributed by atoms with Crippen molar-refractivity contribution in [1.82, 2.24) is 9.97 Å². The molecular weight excluding hydrogens is 250 g/mol. The standard InChI is InChI=1S/C11H19N5O3/c1-4-11(5-2,6-17)15-10-8(16(18)19)9(12-3)13-7-14-10/h7,17H,4-6H2,1-3H3,(H2,12,13,14,15). The Hall–Kier alpha value is -1.96. The summed E-state index contributed by atoms with van der Waals surface area (Å²) >= 11 is 0. The number of aromatic nitrogens is 2. The largest absolute Gasteiger partial charge is 0.394 e. The molecule has 0 bridgehead atoms. The smallest absolute Gasteiger partial charge is 0.353 e. The van der Waals surface area contributed by atoms with E-state index in [1.807, 2.05) is 13.8 Å². The van der Waals surface area contributed by atoms with Crippen molar-refractivity contribution in [3.8, 4) is 0 Å². The van der Waals surface area contributed by atoms with E-state index in [0.717, 1.165) is 0 Å². The number of anilines is 2. The summed E-state index contributed by atoms with van der Waals surface area (Å²) in [7, 11) is 1.55. The summed E-state index contributed by atoms with van der Waals surface area (Å²) in [6.07, 6.45) is 2.49. The lowest BCUT2D eigenvalue weighted by Crippen LogP contribution is -2.41. The highest BCUT2D eigenvalue weighted by Gasteiger charge is 2.30. The van der Waals surface area contributed by atoms with Crippen molar-refractivity contribution in [3.63, 3.8) is 0 Å². The maximum Gasteiger partial charge on any atom is 0.353 e. The number of hydrogen-bond acceptors (Lipinski definition) is 7. The van der Waals surface area contributed by atoms with Crippen molar-refractivity contribution >= 4 is 17.3 Å². The first-order chi connectivity index (χ1) is 9.03. The number of aliphatic hydroxyl groups is 1. The minimum Gasteiger partial charge on any atom is -0.394 e. The summed E-state index contributed by atoms with van der Waals surface area (Å²) < 4.78 is 0. The van der Waals surface area contributed by atoms with Crippen LogP contribution in [0.3, 0.4) is 0 Å². The van der Waals surface area contributed by atoms with E-state index in [0.29, 0.717) is 12.8 Å². The van der Waals surface area contributed by atoms with Crippen molar-refractivity contribution in [2.75, 3.05) is 24.3 Å². The van der Waals surface area contributed by atoms with Crippen LogP contribution in [0.2, 0.25) is 0 Å². The van der Waals surface area contributed by atoms with Gasteiger partial charge < -0.3 is 15.7 Å². The molecule has 0 saturated carbocycles. The Labute approximate surface area is 111 Å². The van der Waals surface area contributed by atoms with Crippen molar-refractivity contribution in [1.29, 1.82) is 0 Å². The van der Waals surface area contributed by atoms with Gasteiger partial charge in [-0.05, 0) is 12.8 Å². The number of nitrogens with zero attached hydrogens (tertiary/aromatic N) is 3. The van der Waals surface area contributed by atoms with Crippen molar-refractivity contribution < 1.29 is 10.0 Å². The molecule has 3 N–H and O–H groups in total. The first kappa shape index (κ1) is 15.1. The van der Waals surface area contributed by atoms with Crippen LogP contribution in [0.25, 0.3) is 0 Å². The third kappa shape index (κ3) is 3.08. The van der Waals surface area contributed by atoms with E-state index < -0.39 is 10.5 Å². The number of aliphatic hydroxyl groups excluding tert-OH is 1. The van der Waals surface area contributed by atoms with E-state index in [1.165, 1.54) is 6.33 Å². The molecule has 8 nitrogen and oxygen atoms in total. The molecule has 1 heterocycles. The van der Waals surface area contributed by atoms with Crippen LogP contribution < -0.4 is 10.6 Å². The molecule has 0 aliphatic heterocycles. The summed E-state index contributed by atoms with van der Waals surface area (Å²) in [5.41, 5.74) is -0.839. The molecule has 0 spiro atoms. The molecule has 0 fully saturated rings. The monoisotopic (exact) mass is 269 g/mol.